The standard InChI is InChI=1S/C14H19BrFNS/c1-10(11-4-5-13(16)12(15)8-11)17-9-14(2)6-3-7-18-14/h4-5,8,10,17H,3,6-7,9H2,1-2H3. The first-order valence-corrected chi connectivity index (χ1v) is 8.10. The number of thioether (sulfide) groups is 1. The molecule has 1 heterocycles. The van der Waals surface area contributed by atoms with E-state index in [0.29, 0.717) is 9.22 Å². The molecule has 18 heavy (non-hydrogen) atoms. The van der Waals surface area contributed by atoms with Crippen LogP contribution in [0.15, 0.2) is 22.7 Å². The van der Waals surface area contributed by atoms with Crippen molar-refractivity contribution in [1.29, 1.82) is 0 Å². The zero-order valence-electron chi connectivity index (χ0n) is 10.8. The molecule has 1 aromatic rings. The molecule has 1 nitrogen and oxygen atoms in total. The van der Waals surface area contributed by atoms with Crippen molar-refractivity contribution >= 4 is 27.7 Å². The van der Waals surface area contributed by atoms with Crippen LogP contribution in [0.2, 0.25) is 0 Å². The molecule has 1 aromatic carbocycles. The second-order valence-corrected chi connectivity index (χ2v) is 7.71. The molecule has 0 saturated carbocycles. The molecule has 2 atom stereocenters. The van der Waals surface area contributed by atoms with E-state index >= 15 is 0 Å². The first-order chi connectivity index (χ1) is 8.50. The maximum atomic E-state index is 13.2. The minimum absolute atomic E-state index is 0.204. The van der Waals surface area contributed by atoms with Crippen LogP contribution in [0.3, 0.4) is 0 Å². The van der Waals surface area contributed by atoms with E-state index in [1.54, 1.807) is 0 Å². The van der Waals surface area contributed by atoms with Crippen molar-refractivity contribution in [3.8, 4) is 0 Å². The maximum Gasteiger partial charge on any atom is 0.137 e. The van der Waals surface area contributed by atoms with Gasteiger partial charge in [0.25, 0.3) is 0 Å². The Balaban J connectivity index is 1.94. The van der Waals surface area contributed by atoms with Gasteiger partial charge in [-0.15, -0.1) is 0 Å². The first-order valence-electron chi connectivity index (χ1n) is 6.32. The molecule has 0 spiro atoms. The fourth-order valence-electron chi connectivity index (χ4n) is 2.24. The number of hydrogen-bond donors (Lipinski definition) is 1. The molecule has 4 heteroatoms. The first kappa shape index (κ1) is 14.4. The van der Waals surface area contributed by atoms with Gasteiger partial charge in [0.1, 0.15) is 5.82 Å². The molecular weight excluding hydrogens is 313 g/mol. The summed E-state index contributed by atoms with van der Waals surface area (Å²) in [6, 6.07) is 5.47. The second kappa shape index (κ2) is 5.93. The smallest absolute Gasteiger partial charge is 0.137 e. The van der Waals surface area contributed by atoms with Crippen molar-refractivity contribution < 1.29 is 4.39 Å². The van der Waals surface area contributed by atoms with Gasteiger partial charge < -0.3 is 5.32 Å². The number of halogens is 2. The third-order valence-electron chi connectivity index (χ3n) is 3.53. The summed E-state index contributed by atoms with van der Waals surface area (Å²) in [6.45, 7) is 5.46. The van der Waals surface area contributed by atoms with Gasteiger partial charge in [0, 0.05) is 17.3 Å². The van der Waals surface area contributed by atoms with Crippen molar-refractivity contribution in [3.63, 3.8) is 0 Å². The molecule has 2 unspecified atom stereocenters. The van der Waals surface area contributed by atoms with Gasteiger partial charge in [-0.05, 0) is 66.1 Å². The summed E-state index contributed by atoms with van der Waals surface area (Å²) < 4.78 is 14.1. The second-order valence-electron chi connectivity index (χ2n) is 5.18. The largest absolute Gasteiger partial charge is 0.309 e. The normalized spacial score (nSPS) is 25.3. The quantitative estimate of drug-likeness (QED) is 0.870. The lowest BCUT2D eigenvalue weighted by Gasteiger charge is -2.26. The van der Waals surface area contributed by atoms with Crippen molar-refractivity contribution in [3.05, 3.63) is 34.1 Å². The molecule has 100 valence electrons. The summed E-state index contributed by atoms with van der Waals surface area (Å²) in [5.41, 5.74) is 1.12. The van der Waals surface area contributed by atoms with E-state index in [-0.39, 0.29) is 11.9 Å². The minimum Gasteiger partial charge on any atom is -0.309 e. The zero-order chi connectivity index (χ0) is 13.2. The van der Waals surface area contributed by atoms with E-state index in [4.69, 9.17) is 0 Å². The fraction of sp³-hybridized carbons (Fsp3) is 0.571. The number of nitrogens with one attached hydrogen (secondary N) is 1. The van der Waals surface area contributed by atoms with Gasteiger partial charge in [0.15, 0.2) is 0 Å². The van der Waals surface area contributed by atoms with Gasteiger partial charge in [-0.1, -0.05) is 6.07 Å². The molecule has 1 N–H and O–H groups in total. The maximum absolute atomic E-state index is 13.2. The highest BCUT2D eigenvalue weighted by atomic mass is 79.9. The highest BCUT2D eigenvalue weighted by Crippen LogP contribution is 2.37. The fourth-order valence-corrected chi connectivity index (χ4v) is 3.90. The monoisotopic (exact) mass is 331 g/mol. The number of hydrogen-bond acceptors (Lipinski definition) is 2. The Bertz CT molecular complexity index is 418. The predicted octanol–water partition coefficient (Wildman–Crippen LogP) is 4.52. The Morgan fingerprint density at radius 1 is 1.56 bits per heavy atom. The average Bonchev–Trinajstić information content (AvgIpc) is 2.77. The van der Waals surface area contributed by atoms with Gasteiger partial charge in [-0.3, -0.25) is 0 Å². The third kappa shape index (κ3) is 3.49. The summed E-state index contributed by atoms with van der Waals surface area (Å²) in [4.78, 5) is 0. The molecule has 0 aromatic heterocycles. The Labute approximate surface area is 121 Å². The zero-order valence-corrected chi connectivity index (χ0v) is 13.2. The van der Waals surface area contributed by atoms with Crippen LogP contribution in [0.25, 0.3) is 0 Å². The van der Waals surface area contributed by atoms with E-state index in [9.17, 15) is 4.39 Å². The van der Waals surface area contributed by atoms with E-state index in [1.165, 1.54) is 24.7 Å². The van der Waals surface area contributed by atoms with Crippen LogP contribution in [0.1, 0.15) is 38.3 Å². The van der Waals surface area contributed by atoms with Crippen molar-refractivity contribution in [2.45, 2.75) is 37.5 Å². The summed E-state index contributed by atoms with van der Waals surface area (Å²) in [5, 5.41) is 3.56. The lowest BCUT2D eigenvalue weighted by molar-refractivity contribution is 0.489. The topological polar surface area (TPSA) is 12.0 Å². The highest BCUT2D eigenvalue weighted by molar-refractivity contribution is 9.10. The summed E-state index contributed by atoms with van der Waals surface area (Å²) in [6.07, 6.45) is 2.60. The van der Waals surface area contributed by atoms with Crippen molar-refractivity contribution in [2.75, 3.05) is 12.3 Å². The molecular formula is C14H19BrFNS. The van der Waals surface area contributed by atoms with E-state index in [0.717, 1.165) is 12.1 Å². The molecule has 0 aliphatic carbocycles. The molecule has 1 saturated heterocycles. The minimum atomic E-state index is -0.204. The van der Waals surface area contributed by atoms with Crippen molar-refractivity contribution in [2.24, 2.45) is 0 Å². The highest BCUT2D eigenvalue weighted by Gasteiger charge is 2.29. The molecule has 0 amide bonds. The number of benzene rings is 1. The molecule has 2 rings (SSSR count). The summed E-state index contributed by atoms with van der Waals surface area (Å²) >= 11 is 5.29. The predicted molar refractivity (Wildman–Crippen MR) is 80.6 cm³/mol. The van der Waals surface area contributed by atoms with Crippen LogP contribution in [-0.4, -0.2) is 17.0 Å². The molecule has 1 fully saturated rings. The number of rotatable bonds is 4. The molecule has 0 bridgehead atoms. The van der Waals surface area contributed by atoms with E-state index in [1.807, 2.05) is 12.1 Å². The van der Waals surface area contributed by atoms with Crippen LogP contribution >= 0.6 is 27.7 Å². The Morgan fingerprint density at radius 2 is 2.33 bits per heavy atom. The SMILES string of the molecule is CC(NCC1(C)CCCS1)c1ccc(F)c(Br)c1. The Morgan fingerprint density at radius 3 is 2.94 bits per heavy atom. The van der Waals surface area contributed by atoms with Gasteiger partial charge in [-0.25, -0.2) is 4.39 Å². The van der Waals surface area contributed by atoms with Crippen LogP contribution in [0, 0.1) is 5.82 Å². The Hall–Kier alpha value is -0.0600. The Kier molecular flexibility index (Phi) is 4.73. The summed E-state index contributed by atoms with van der Waals surface area (Å²) in [7, 11) is 0. The van der Waals surface area contributed by atoms with Crippen LogP contribution in [0.4, 0.5) is 4.39 Å². The van der Waals surface area contributed by atoms with Crippen molar-refractivity contribution in [1.82, 2.24) is 5.32 Å². The summed E-state index contributed by atoms with van der Waals surface area (Å²) in [5.74, 6) is 1.07. The molecule has 1 aliphatic rings. The van der Waals surface area contributed by atoms with Gasteiger partial charge in [-0.2, -0.15) is 11.8 Å². The lowest BCUT2D eigenvalue weighted by Crippen LogP contribution is -2.34. The van der Waals surface area contributed by atoms with Gasteiger partial charge >= 0.3 is 0 Å². The van der Waals surface area contributed by atoms with E-state index in [2.05, 4.69) is 46.9 Å². The van der Waals surface area contributed by atoms with Gasteiger partial charge in [0.05, 0.1) is 4.47 Å². The van der Waals surface area contributed by atoms with Crippen LogP contribution in [-0.2, 0) is 0 Å². The average molecular weight is 332 g/mol. The van der Waals surface area contributed by atoms with E-state index < -0.39 is 0 Å². The third-order valence-corrected chi connectivity index (χ3v) is 5.67. The molecule has 0 radical (unpaired) electrons. The molecule has 1 aliphatic heterocycles. The van der Waals surface area contributed by atoms with Crippen LogP contribution < -0.4 is 5.32 Å². The lowest BCUT2D eigenvalue weighted by atomic mass is 10.0. The van der Waals surface area contributed by atoms with Gasteiger partial charge in [0.2, 0.25) is 0 Å². The van der Waals surface area contributed by atoms with Crippen LogP contribution in [0.5, 0.6) is 0 Å².